The molecule has 2 atom stereocenters. The third-order valence-electron chi connectivity index (χ3n) is 6.18. The van der Waals surface area contributed by atoms with Gasteiger partial charge in [-0.2, -0.15) is 13.2 Å². The number of nitrogens with two attached hydrogens (primary N) is 1. The number of morpholine rings is 1. The molecule has 2 N–H and O–H groups in total. The fourth-order valence-electron chi connectivity index (χ4n) is 4.26. The Morgan fingerprint density at radius 3 is 2.58 bits per heavy atom. The van der Waals surface area contributed by atoms with Crippen molar-refractivity contribution in [2.45, 2.75) is 29.8 Å². The highest BCUT2D eigenvalue weighted by atomic mass is 35.5. The molecule has 1 saturated heterocycles. The van der Waals surface area contributed by atoms with Crippen LogP contribution in [-0.2, 0) is 25.9 Å². The summed E-state index contributed by atoms with van der Waals surface area (Å²) in [5, 5.41) is 8.30. The van der Waals surface area contributed by atoms with Crippen LogP contribution in [-0.4, -0.2) is 68.3 Å². The van der Waals surface area contributed by atoms with Crippen molar-refractivity contribution in [1.82, 2.24) is 10.2 Å². The monoisotopic (exact) mass is 571 g/mol. The summed E-state index contributed by atoms with van der Waals surface area (Å²) < 4.78 is 75.8. The highest BCUT2D eigenvalue weighted by Gasteiger charge is 2.44. The van der Waals surface area contributed by atoms with E-state index in [0.717, 1.165) is 0 Å². The molecule has 0 saturated carbocycles. The van der Waals surface area contributed by atoms with E-state index in [-0.39, 0.29) is 47.7 Å². The minimum atomic E-state index is -4.55. The molecule has 0 bridgehead atoms. The number of halogens is 4. The van der Waals surface area contributed by atoms with Crippen molar-refractivity contribution in [3.05, 3.63) is 53.1 Å². The van der Waals surface area contributed by atoms with Gasteiger partial charge in [0.25, 0.3) is 0 Å². The Morgan fingerprint density at radius 1 is 1.13 bits per heavy atom. The summed E-state index contributed by atoms with van der Waals surface area (Å²) in [6.45, 7) is -0.579. The maximum absolute atomic E-state index is 13.2. The molecule has 202 valence electrons. The van der Waals surface area contributed by atoms with Gasteiger partial charge >= 0.3 is 12.2 Å². The van der Waals surface area contributed by atoms with Gasteiger partial charge in [0.1, 0.15) is 0 Å². The van der Waals surface area contributed by atoms with Crippen molar-refractivity contribution < 1.29 is 35.5 Å². The molecule has 10 nitrogen and oxygen atoms in total. The average molecular weight is 572 g/mol. The third-order valence-corrected chi connectivity index (χ3v) is 8.25. The second-order valence-corrected chi connectivity index (χ2v) is 11.3. The zero-order chi connectivity index (χ0) is 27.2. The lowest BCUT2D eigenvalue weighted by atomic mass is 10.1. The van der Waals surface area contributed by atoms with Crippen LogP contribution in [0.25, 0.3) is 11.5 Å². The molecule has 0 spiro atoms. The molecule has 0 aliphatic carbocycles. The SMILES string of the molecule is N[C@H]1CS(=O)(=O)c2ccc(-c3nnc(N4CCOC(C(F)(F)F)C4)o3)cc2N(Cc2ccc(Cl)cc2)C1=O. The number of amides is 1. The number of carbonyl (C=O) groups excluding carboxylic acids is 1. The van der Waals surface area contributed by atoms with E-state index in [0.29, 0.717) is 10.6 Å². The van der Waals surface area contributed by atoms with Crippen molar-refractivity contribution >= 4 is 39.0 Å². The van der Waals surface area contributed by atoms with Crippen LogP contribution < -0.4 is 15.5 Å². The van der Waals surface area contributed by atoms with E-state index in [2.05, 4.69) is 10.2 Å². The van der Waals surface area contributed by atoms with Gasteiger partial charge in [0.05, 0.1) is 42.1 Å². The number of carbonyl (C=O) groups is 1. The van der Waals surface area contributed by atoms with E-state index < -0.39 is 46.4 Å². The summed E-state index contributed by atoms with van der Waals surface area (Å²) in [6.07, 6.45) is -6.55. The molecule has 1 aromatic heterocycles. The Balaban J connectivity index is 1.51. The molecule has 3 aromatic rings. The third kappa shape index (κ3) is 5.21. The first-order valence-electron chi connectivity index (χ1n) is 11.4. The van der Waals surface area contributed by atoms with Gasteiger partial charge in [0.15, 0.2) is 15.9 Å². The number of anilines is 2. The number of sulfone groups is 1. The summed E-state index contributed by atoms with van der Waals surface area (Å²) in [7, 11) is -3.93. The molecule has 3 heterocycles. The molecular weight excluding hydrogens is 551 g/mol. The van der Waals surface area contributed by atoms with Gasteiger partial charge in [-0.25, -0.2) is 8.42 Å². The number of hydrogen-bond acceptors (Lipinski definition) is 9. The van der Waals surface area contributed by atoms with Crippen molar-refractivity contribution in [3.8, 4) is 11.5 Å². The van der Waals surface area contributed by atoms with E-state index in [1.165, 1.54) is 28.0 Å². The van der Waals surface area contributed by atoms with Crippen molar-refractivity contribution in [3.63, 3.8) is 0 Å². The maximum atomic E-state index is 13.2. The summed E-state index contributed by atoms with van der Waals surface area (Å²) >= 11 is 5.96. The number of hydrogen-bond donors (Lipinski definition) is 1. The molecule has 2 aromatic carbocycles. The Bertz CT molecular complexity index is 1460. The van der Waals surface area contributed by atoms with E-state index in [1.807, 2.05) is 0 Å². The van der Waals surface area contributed by atoms with Crippen LogP contribution in [0.3, 0.4) is 0 Å². The van der Waals surface area contributed by atoms with Gasteiger partial charge in [-0.15, -0.1) is 5.10 Å². The number of alkyl halides is 3. The quantitative estimate of drug-likeness (QED) is 0.502. The lowest BCUT2D eigenvalue weighted by Gasteiger charge is -2.32. The summed E-state index contributed by atoms with van der Waals surface area (Å²) in [4.78, 5) is 15.6. The lowest BCUT2D eigenvalue weighted by Crippen LogP contribution is -2.49. The highest BCUT2D eigenvalue weighted by molar-refractivity contribution is 7.91. The van der Waals surface area contributed by atoms with Crippen LogP contribution in [0.1, 0.15) is 5.56 Å². The van der Waals surface area contributed by atoms with E-state index in [4.69, 9.17) is 26.5 Å². The Kier molecular flexibility index (Phi) is 6.84. The molecule has 38 heavy (non-hydrogen) atoms. The lowest BCUT2D eigenvalue weighted by molar-refractivity contribution is -0.221. The number of ether oxygens (including phenoxy) is 1. The summed E-state index contributed by atoms with van der Waals surface area (Å²) in [5.74, 6) is -1.24. The normalized spacial score (nSPS) is 21.8. The Hall–Kier alpha value is -3.20. The fraction of sp³-hybridized carbons (Fsp3) is 0.348. The second-order valence-electron chi connectivity index (χ2n) is 8.86. The van der Waals surface area contributed by atoms with Crippen LogP contribution in [0.4, 0.5) is 24.9 Å². The standard InChI is InChI=1S/C23H21ClF3N5O5S/c24-15-4-1-13(2-5-15)10-32-17-9-14(3-6-18(17)38(34,35)12-16(28)21(32)33)20-29-30-22(37-20)31-7-8-36-19(11-31)23(25,26)27/h1-6,9,16,19H,7-8,10-12,28H2/t16-,19?/m0/s1. The van der Waals surface area contributed by atoms with E-state index in [9.17, 15) is 26.4 Å². The Morgan fingerprint density at radius 2 is 1.87 bits per heavy atom. The van der Waals surface area contributed by atoms with Gasteiger partial charge in [-0.1, -0.05) is 28.8 Å². The van der Waals surface area contributed by atoms with Crippen LogP contribution in [0.15, 0.2) is 51.8 Å². The first kappa shape index (κ1) is 26.4. The summed E-state index contributed by atoms with van der Waals surface area (Å²) in [5.41, 5.74) is 6.96. The predicted molar refractivity (Wildman–Crippen MR) is 130 cm³/mol. The van der Waals surface area contributed by atoms with Crippen molar-refractivity contribution in [1.29, 1.82) is 0 Å². The van der Waals surface area contributed by atoms with Gasteiger partial charge in [-0.05, 0) is 35.9 Å². The van der Waals surface area contributed by atoms with E-state index >= 15 is 0 Å². The predicted octanol–water partition coefficient (Wildman–Crippen LogP) is 2.81. The molecule has 2 aliphatic rings. The molecule has 1 amide bonds. The minimum Gasteiger partial charge on any atom is -0.403 e. The highest BCUT2D eigenvalue weighted by Crippen LogP contribution is 2.36. The number of nitrogens with zero attached hydrogens (tertiary/aromatic N) is 4. The van der Waals surface area contributed by atoms with Crippen molar-refractivity contribution in [2.75, 3.05) is 35.2 Å². The smallest absolute Gasteiger partial charge is 0.403 e. The zero-order valence-electron chi connectivity index (χ0n) is 19.6. The molecule has 0 radical (unpaired) electrons. The van der Waals surface area contributed by atoms with Gasteiger partial charge in [0.2, 0.25) is 11.8 Å². The Labute approximate surface area is 220 Å². The van der Waals surface area contributed by atoms with E-state index in [1.54, 1.807) is 24.3 Å². The van der Waals surface area contributed by atoms with Crippen LogP contribution >= 0.6 is 11.6 Å². The number of aromatic nitrogens is 2. The topological polar surface area (TPSA) is 132 Å². The molecule has 1 unspecified atom stereocenters. The van der Waals surface area contributed by atoms with Crippen molar-refractivity contribution in [2.24, 2.45) is 5.73 Å². The maximum Gasteiger partial charge on any atom is 0.416 e. The van der Waals surface area contributed by atoms with Crippen LogP contribution in [0, 0.1) is 0 Å². The average Bonchev–Trinajstić information content (AvgIpc) is 3.35. The molecule has 5 rings (SSSR count). The van der Waals surface area contributed by atoms with Crippen LogP contribution in [0.2, 0.25) is 5.02 Å². The minimum absolute atomic E-state index is 0.0113. The van der Waals surface area contributed by atoms with Crippen LogP contribution in [0.5, 0.6) is 0 Å². The summed E-state index contributed by atoms with van der Waals surface area (Å²) in [6, 6.07) is 9.40. The fourth-order valence-corrected chi connectivity index (χ4v) is 5.94. The van der Waals surface area contributed by atoms with Gasteiger partial charge in [-0.3, -0.25) is 4.79 Å². The first-order valence-corrected chi connectivity index (χ1v) is 13.4. The largest absolute Gasteiger partial charge is 0.416 e. The zero-order valence-corrected chi connectivity index (χ0v) is 21.1. The molecular formula is C23H21ClF3N5O5S. The molecule has 15 heteroatoms. The second kappa shape index (κ2) is 9.84. The number of rotatable bonds is 4. The molecule has 1 fully saturated rings. The van der Waals surface area contributed by atoms with Gasteiger partial charge in [0, 0.05) is 17.1 Å². The number of benzene rings is 2. The molecule has 2 aliphatic heterocycles. The van der Waals surface area contributed by atoms with Gasteiger partial charge < -0.3 is 24.7 Å². The first-order chi connectivity index (χ1) is 17.9. The number of fused-ring (bicyclic) bond motifs is 1.